The number of likely N-dealkylation sites (tertiary alicyclic amines) is 1. The van der Waals surface area contributed by atoms with Crippen LogP contribution in [0.15, 0.2) is 41.6 Å². The van der Waals surface area contributed by atoms with E-state index in [4.69, 9.17) is 12.3 Å². The summed E-state index contributed by atoms with van der Waals surface area (Å²) < 4.78 is 63.7. The standard InChI is InChI=1S/C30H37F3N2O3/c1-4-22-15-24(11-12-25(22)16-35-17-26(18-35)29(36)37-3)20(2)34-38-19-21-10-13-27(23-8-6-5-7-9-23)28(14-21)30(31,32)33/h10-15,23,26H,4-9,16-19H2,1-3H3/b34-20+/i16D2. The van der Waals surface area contributed by atoms with E-state index in [0.717, 1.165) is 43.2 Å². The molecule has 0 N–H and O–H groups in total. The van der Waals surface area contributed by atoms with Crippen LogP contribution in [0.3, 0.4) is 0 Å². The highest BCUT2D eigenvalue weighted by Crippen LogP contribution is 2.41. The van der Waals surface area contributed by atoms with E-state index in [2.05, 4.69) is 5.16 Å². The van der Waals surface area contributed by atoms with Crippen molar-refractivity contribution in [3.63, 3.8) is 0 Å². The molecule has 0 spiro atoms. The first-order valence-corrected chi connectivity index (χ1v) is 13.3. The monoisotopic (exact) mass is 532 g/mol. The Hall–Kier alpha value is -2.87. The fraction of sp³-hybridized carbons (Fsp3) is 0.533. The van der Waals surface area contributed by atoms with Gasteiger partial charge in [-0.05, 0) is 72.1 Å². The number of hydrogen-bond donors (Lipinski definition) is 0. The Balaban J connectivity index is 1.45. The highest BCUT2D eigenvalue weighted by Gasteiger charge is 2.36. The van der Waals surface area contributed by atoms with Crippen LogP contribution in [0, 0.1) is 5.92 Å². The summed E-state index contributed by atoms with van der Waals surface area (Å²) in [5, 5.41) is 4.14. The summed E-state index contributed by atoms with van der Waals surface area (Å²) in [6.45, 7) is 2.41. The van der Waals surface area contributed by atoms with Gasteiger partial charge in [-0.2, -0.15) is 13.2 Å². The lowest BCUT2D eigenvalue weighted by Gasteiger charge is -2.37. The van der Waals surface area contributed by atoms with Gasteiger partial charge in [0.15, 0.2) is 0 Å². The van der Waals surface area contributed by atoms with Crippen molar-refractivity contribution in [1.29, 1.82) is 0 Å². The van der Waals surface area contributed by atoms with E-state index in [0.29, 0.717) is 28.8 Å². The Kier molecular flexibility index (Phi) is 8.24. The first kappa shape index (κ1) is 25.4. The zero-order valence-corrected chi connectivity index (χ0v) is 22.2. The van der Waals surface area contributed by atoms with Crippen LogP contribution in [-0.2, 0) is 40.1 Å². The largest absolute Gasteiger partial charge is 0.469 e. The predicted octanol–water partition coefficient (Wildman–Crippen LogP) is 6.86. The van der Waals surface area contributed by atoms with Gasteiger partial charge in [-0.15, -0.1) is 0 Å². The molecule has 1 saturated heterocycles. The van der Waals surface area contributed by atoms with Crippen LogP contribution < -0.4 is 0 Å². The van der Waals surface area contributed by atoms with Gasteiger partial charge < -0.3 is 9.57 Å². The van der Waals surface area contributed by atoms with Crippen molar-refractivity contribution in [1.82, 2.24) is 4.90 Å². The van der Waals surface area contributed by atoms with Crippen LogP contribution in [0.5, 0.6) is 0 Å². The Labute approximate surface area is 225 Å². The number of benzene rings is 2. The van der Waals surface area contributed by atoms with Gasteiger partial charge in [0.25, 0.3) is 0 Å². The van der Waals surface area contributed by atoms with E-state index in [1.54, 1.807) is 36.1 Å². The molecule has 2 fully saturated rings. The number of alkyl halides is 3. The molecule has 4 rings (SSSR count). The van der Waals surface area contributed by atoms with E-state index in [1.165, 1.54) is 13.2 Å². The molecule has 206 valence electrons. The summed E-state index contributed by atoms with van der Waals surface area (Å²) in [4.78, 5) is 18.8. The molecule has 0 bridgehead atoms. The van der Waals surface area contributed by atoms with Crippen molar-refractivity contribution < 1.29 is 30.3 Å². The van der Waals surface area contributed by atoms with Gasteiger partial charge >= 0.3 is 12.1 Å². The molecule has 8 heteroatoms. The first-order chi connectivity index (χ1) is 19.0. The molecular weight excluding hydrogens is 493 g/mol. The second-order valence-corrected chi connectivity index (χ2v) is 10.2. The summed E-state index contributed by atoms with van der Waals surface area (Å²) in [6.07, 6.45) is 0.719. The van der Waals surface area contributed by atoms with Gasteiger partial charge in [-0.3, -0.25) is 9.69 Å². The lowest BCUT2D eigenvalue weighted by molar-refractivity contribution is -0.151. The maximum absolute atomic E-state index is 13.9. The average Bonchev–Trinajstić information content (AvgIpc) is 2.91. The van der Waals surface area contributed by atoms with Crippen LogP contribution in [0.25, 0.3) is 0 Å². The minimum atomic E-state index is -4.43. The van der Waals surface area contributed by atoms with Gasteiger partial charge in [0.2, 0.25) is 0 Å². The molecule has 1 aliphatic carbocycles. The average molecular weight is 533 g/mol. The summed E-state index contributed by atoms with van der Waals surface area (Å²) in [5.41, 5.74) is 2.78. The van der Waals surface area contributed by atoms with Crippen molar-refractivity contribution in [3.05, 3.63) is 69.8 Å². The fourth-order valence-corrected chi connectivity index (χ4v) is 5.24. The number of ether oxygens (including phenoxy) is 1. The third-order valence-electron chi connectivity index (χ3n) is 7.50. The molecule has 1 saturated carbocycles. The lowest BCUT2D eigenvalue weighted by Crippen LogP contribution is -2.50. The number of aryl methyl sites for hydroxylation is 1. The van der Waals surface area contributed by atoms with Crippen LogP contribution in [-0.4, -0.2) is 36.8 Å². The van der Waals surface area contributed by atoms with Crippen molar-refractivity contribution in [3.8, 4) is 0 Å². The number of methoxy groups -OCH3 is 1. The zero-order valence-electron chi connectivity index (χ0n) is 24.2. The topological polar surface area (TPSA) is 51.1 Å². The minimum Gasteiger partial charge on any atom is -0.469 e. The first-order valence-electron chi connectivity index (χ1n) is 14.3. The van der Waals surface area contributed by atoms with Crippen LogP contribution in [0.4, 0.5) is 13.2 Å². The highest BCUT2D eigenvalue weighted by molar-refractivity contribution is 5.98. The molecule has 0 aromatic heterocycles. The number of rotatable bonds is 9. The number of carbonyl (C=O) groups excluding carboxylic acids is 1. The third kappa shape index (κ3) is 6.76. The van der Waals surface area contributed by atoms with Gasteiger partial charge in [0.1, 0.15) is 6.61 Å². The van der Waals surface area contributed by atoms with Crippen LogP contribution in [0.1, 0.15) is 88.0 Å². The molecule has 2 aromatic rings. The summed E-state index contributed by atoms with van der Waals surface area (Å²) in [6, 6.07) is 9.80. The lowest BCUT2D eigenvalue weighted by atomic mass is 9.81. The van der Waals surface area contributed by atoms with Crippen molar-refractivity contribution in [2.24, 2.45) is 11.1 Å². The van der Waals surface area contributed by atoms with Crippen LogP contribution >= 0.6 is 0 Å². The summed E-state index contributed by atoms with van der Waals surface area (Å²) in [7, 11) is 1.33. The molecule has 38 heavy (non-hydrogen) atoms. The van der Waals surface area contributed by atoms with Gasteiger partial charge in [0, 0.05) is 22.3 Å². The minimum absolute atomic E-state index is 0.0575. The zero-order chi connectivity index (χ0) is 29.1. The van der Waals surface area contributed by atoms with E-state index in [9.17, 15) is 18.0 Å². The smallest absolute Gasteiger partial charge is 0.416 e. The molecule has 1 aliphatic heterocycles. The Morgan fingerprint density at radius 2 is 1.84 bits per heavy atom. The fourth-order valence-electron chi connectivity index (χ4n) is 5.24. The van der Waals surface area contributed by atoms with Gasteiger partial charge in [-0.1, -0.05) is 55.6 Å². The molecular formula is C30H37F3N2O3. The Bertz CT molecular complexity index is 1240. The molecule has 0 atom stereocenters. The van der Waals surface area contributed by atoms with Crippen molar-refractivity contribution in [2.75, 3.05) is 20.2 Å². The SMILES string of the molecule is [2H]C([2H])(c1ccc(/C(C)=N/OCc2ccc(C3CCCCC3)c(C(F)(F)F)c2)cc1CC)N1CC(C(=O)OC)C1. The molecule has 0 radical (unpaired) electrons. The number of halogens is 3. The predicted molar refractivity (Wildman–Crippen MR) is 141 cm³/mol. The quantitative estimate of drug-likeness (QED) is 0.201. The van der Waals surface area contributed by atoms with E-state index in [-0.39, 0.29) is 37.5 Å². The van der Waals surface area contributed by atoms with Crippen LogP contribution in [0.2, 0.25) is 0 Å². The van der Waals surface area contributed by atoms with Crippen molar-refractivity contribution in [2.45, 2.75) is 77.6 Å². The van der Waals surface area contributed by atoms with Gasteiger partial charge in [0.05, 0.1) is 24.3 Å². The molecule has 2 aromatic carbocycles. The molecule has 1 heterocycles. The van der Waals surface area contributed by atoms with E-state index >= 15 is 0 Å². The normalized spacial score (nSPS) is 18.9. The molecule has 0 amide bonds. The second-order valence-electron chi connectivity index (χ2n) is 10.2. The number of carbonyl (C=O) groups is 1. The maximum Gasteiger partial charge on any atom is 0.416 e. The second kappa shape index (κ2) is 12.3. The van der Waals surface area contributed by atoms with E-state index < -0.39 is 18.2 Å². The van der Waals surface area contributed by atoms with Crippen molar-refractivity contribution >= 4 is 11.7 Å². The highest BCUT2D eigenvalue weighted by atomic mass is 19.4. The molecule has 0 unspecified atom stereocenters. The number of oxime groups is 1. The number of esters is 1. The third-order valence-corrected chi connectivity index (χ3v) is 7.50. The Morgan fingerprint density at radius 3 is 2.50 bits per heavy atom. The Morgan fingerprint density at radius 1 is 1.11 bits per heavy atom. The number of nitrogens with zero attached hydrogens (tertiary/aromatic N) is 2. The van der Waals surface area contributed by atoms with Gasteiger partial charge in [-0.25, -0.2) is 0 Å². The maximum atomic E-state index is 13.9. The summed E-state index contributed by atoms with van der Waals surface area (Å²) >= 11 is 0. The number of hydrogen-bond acceptors (Lipinski definition) is 5. The summed E-state index contributed by atoms with van der Waals surface area (Å²) in [5.74, 6) is -0.718. The molecule has 2 aliphatic rings. The van der Waals surface area contributed by atoms with E-state index in [1.807, 2.05) is 13.0 Å². The molecule has 5 nitrogen and oxygen atoms in total.